The Balaban J connectivity index is 1.99. The van der Waals surface area contributed by atoms with Crippen molar-refractivity contribution in [3.05, 3.63) is 39.7 Å². The number of fused-ring (bicyclic) bond motifs is 1. The zero-order valence-corrected chi connectivity index (χ0v) is 15.3. The summed E-state index contributed by atoms with van der Waals surface area (Å²) in [5.74, 6) is 0. The van der Waals surface area contributed by atoms with Gasteiger partial charge in [0.2, 0.25) is 0 Å². The van der Waals surface area contributed by atoms with Crippen LogP contribution in [0, 0.1) is 6.92 Å². The van der Waals surface area contributed by atoms with Gasteiger partial charge in [-0.15, -0.1) is 0 Å². The van der Waals surface area contributed by atoms with Gasteiger partial charge in [0.15, 0.2) is 5.43 Å². The second-order valence-corrected chi connectivity index (χ2v) is 7.27. The normalized spacial score (nSPS) is 24.3. The maximum absolute atomic E-state index is 13.1. The summed E-state index contributed by atoms with van der Waals surface area (Å²) in [6.45, 7) is 8.86. The van der Waals surface area contributed by atoms with E-state index in [0.29, 0.717) is 0 Å². The van der Waals surface area contributed by atoms with Gasteiger partial charge in [-0.1, -0.05) is 0 Å². The molecular weight excluding hydrogens is 302 g/mol. The van der Waals surface area contributed by atoms with Gasteiger partial charge in [0.05, 0.1) is 5.56 Å². The molecule has 1 saturated heterocycles. The lowest BCUT2D eigenvalue weighted by molar-refractivity contribution is -0.928. The molecule has 5 nitrogen and oxygen atoms in total. The molecule has 3 rings (SSSR count). The van der Waals surface area contributed by atoms with E-state index in [4.69, 9.17) is 4.74 Å². The van der Waals surface area contributed by atoms with Gasteiger partial charge in [-0.3, -0.25) is 4.79 Å². The summed E-state index contributed by atoms with van der Waals surface area (Å²) >= 11 is 0. The molecule has 5 heteroatoms. The van der Waals surface area contributed by atoms with Crippen molar-refractivity contribution in [1.82, 2.24) is 4.98 Å². The summed E-state index contributed by atoms with van der Waals surface area (Å²) in [4.78, 5) is 19.9. The quantitative estimate of drug-likeness (QED) is 0.886. The van der Waals surface area contributed by atoms with Crippen LogP contribution in [-0.4, -0.2) is 44.4 Å². The lowest BCUT2D eigenvalue weighted by Gasteiger charge is -2.32. The predicted octanol–water partition coefficient (Wildman–Crippen LogP) is 1.09. The fraction of sp³-hybridized carbons (Fsp3) is 0.526. The molecule has 2 heterocycles. The van der Waals surface area contributed by atoms with Crippen molar-refractivity contribution < 1.29 is 9.64 Å². The van der Waals surface area contributed by atoms with Crippen molar-refractivity contribution in [3.8, 4) is 0 Å². The molecule has 1 aromatic carbocycles. The monoisotopic (exact) mass is 330 g/mol. The zero-order valence-electron chi connectivity index (χ0n) is 15.3. The number of pyridine rings is 1. The van der Waals surface area contributed by atoms with Gasteiger partial charge in [-0.05, 0) is 39.0 Å². The van der Waals surface area contributed by atoms with Crippen LogP contribution in [0.5, 0.6) is 0 Å². The number of rotatable bonds is 3. The van der Waals surface area contributed by atoms with Gasteiger partial charge in [-0.2, -0.15) is 0 Å². The SMILES string of the molecule is Cc1[nH]c2ccc(N(C)C)cc2c(=O)c1C[NH+]1CC(C)OC(C)C1. The Bertz CT molecular complexity index is 787. The number of benzene rings is 1. The Kier molecular flexibility index (Phi) is 4.65. The van der Waals surface area contributed by atoms with Crippen LogP contribution >= 0.6 is 0 Å². The number of H-pyrrole nitrogens is 1. The molecule has 0 amide bonds. The van der Waals surface area contributed by atoms with Crippen LogP contribution in [0.1, 0.15) is 25.1 Å². The first-order valence-electron chi connectivity index (χ1n) is 8.67. The molecule has 1 aliphatic heterocycles. The van der Waals surface area contributed by atoms with Crippen molar-refractivity contribution >= 4 is 16.6 Å². The van der Waals surface area contributed by atoms with E-state index in [1.54, 1.807) is 0 Å². The molecule has 0 spiro atoms. The number of nitrogens with zero attached hydrogens (tertiary/aromatic N) is 1. The topological polar surface area (TPSA) is 49.8 Å². The summed E-state index contributed by atoms with van der Waals surface area (Å²) in [6.07, 6.45) is 0.480. The molecule has 1 aliphatic rings. The van der Waals surface area contributed by atoms with Crippen molar-refractivity contribution in [1.29, 1.82) is 0 Å². The van der Waals surface area contributed by atoms with Gasteiger partial charge in [-0.25, -0.2) is 0 Å². The first kappa shape index (κ1) is 17.0. The Morgan fingerprint density at radius 2 is 1.92 bits per heavy atom. The lowest BCUT2D eigenvalue weighted by Crippen LogP contribution is -3.14. The zero-order chi connectivity index (χ0) is 17.4. The van der Waals surface area contributed by atoms with E-state index in [1.165, 1.54) is 4.90 Å². The molecule has 2 atom stereocenters. The molecule has 1 aromatic heterocycles. The van der Waals surface area contributed by atoms with Crippen LogP contribution in [0.3, 0.4) is 0 Å². The van der Waals surface area contributed by atoms with Crippen LogP contribution in [0.25, 0.3) is 10.9 Å². The Labute approximate surface area is 143 Å². The van der Waals surface area contributed by atoms with Crippen molar-refractivity contribution in [2.75, 3.05) is 32.1 Å². The molecule has 2 N–H and O–H groups in total. The van der Waals surface area contributed by atoms with Crippen molar-refractivity contribution in [3.63, 3.8) is 0 Å². The summed E-state index contributed by atoms with van der Waals surface area (Å²) < 4.78 is 5.81. The molecule has 130 valence electrons. The third kappa shape index (κ3) is 3.32. The van der Waals surface area contributed by atoms with Crippen LogP contribution in [0.15, 0.2) is 23.0 Å². The number of hydrogen-bond acceptors (Lipinski definition) is 3. The number of aromatic nitrogens is 1. The van der Waals surface area contributed by atoms with Crippen LogP contribution in [-0.2, 0) is 11.3 Å². The van der Waals surface area contributed by atoms with E-state index in [0.717, 1.165) is 47.5 Å². The number of ether oxygens (including phenoxy) is 1. The Hall–Kier alpha value is -1.85. The smallest absolute Gasteiger partial charge is 0.198 e. The van der Waals surface area contributed by atoms with E-state index >= 15 is 0 Å². The first-order chi connectivity index (χ1) is 11.3. The molecule has 0 saturated carbocycles. The minimum Gasteiger partial charge on any atom is -0.378 e. The molecule has 1 fully saturated rings. The maximum Gasteiger partial charge on any atom is 0.198 e. The number of morpholine rings is 1. The number of hydrogen-bond donors (Lipinski definition) is 2. The average molecular weight is 330 g/mol. The van der Waals surface area contributed by atoms with Crippen molar-refractivity contribution in [2.45, 2.75) is 39.5 Å². The van der Waals surface area contributed by atoms with Crippen LogP contribution in [0.2, 0.25) is 0 Å². The third-order valence-electron chi connectivity index (χ3n) is 4.86. The number of nitrogens with one attached hydrogen (secondary N) is 2. The fourth-order valence-electron chi connectivity index (χ4n) is 3.71. The van der Waals surface area contributed by atoms with Gasteiger partial charge in [0.1, 0.15) is 31.8 Å². The van der Waals surface area contributed by atoms with Crippen LogP contribution < -0.4 is 15.2 Å². The predicted molar refractivity (Wildman–Crippen MR) is 98.0 cm³/mol. The number of aromatic amines is 1. The molecule has 0 aliphatic carbocycles. The van der Waals surface area contributed by atoms with E-state index in [9.17, 15) is 4.79 Å². The Morgan fingerprint density at radius 1 is 1.25 bits per heavy atom. The van der Waals surface area contributed by atoms with Gasteiger partial charge >= 0.3 is 0 Å². The highest BCUT2D eigenvalue weighted by molar-refractivity contribution is 5.83. The van der Waals surface area contributed by atoms with E-state index < -0.39 is 0 Å². The summed E-state index contributed by atoms with van der Waals surface area (Å²) in [5, 5.41) is 0.774. The van der Waals surface area contributed by atoms with Gasteiger partial charge in [0.25, 0.3) is 0 Å². The van der Waals surface area contributed by atoms with E-state index in [2.05, 4.69) is 18.8 Å². The number of aryl methyl sites for hydroxylation is 1. The highest BCUT2D eigenvalue weighted by Gasteiger charge is 2.27. The summed E-state index contributed by atoms with van der Waals surface area (Å²) in [5.41, 5.74) is 3.98. The summed E-state index contributed by atoms with van der Waals surface area (Å²) in [6, 6.07) is 6.01. The largest absolute Gasteiger partial charge is 0.378 e. The third-order valence-corrected chi connectivity index (χ3v) is 4.86. The standard InChI is InChI=1S/C19H27N3O2/c1-12-9-22(10-13(2)24-12)11-17-14(3)20-18-7-6-15(21(4)5)8-16(18)19(17)23/h6-8,12-13H,9-11H2,1-5H3,(H,20,23)/p+1. The molecule has 0 bridgehead atoms. The summed E-state index contributed by atoms with van der Waals surface area (Å²) in [7, 11) is 3.98. The number of quaternary nitrogens is 1. The molecule has 2 aromatic rings. The van der Waals surface area contributed by atoms with Crippen molar-refractivity contribution in [2.24, 2.45) is 0 Å². The van der Waals surface area contributed by atoms with Gasteiger partial charge < -0.3 is 19.5 Å². The first-order valence-corrected chi connectivity index (χ1v) is 8.67. The molecule has 24 heavy (non-hydrogen) atoms. The maximum atomic E-state index is 13.1. The highest BCUT2D eigenvalue weighted by atomic mass is 16.5. The number of anilines is 1. The minimum atomic E-state index is 0.157. The Morgan fingerprint density at radius 3 is 2.54 bits per heavy atom. The van der Waals surface area contributed by atoms with E-state index in [-0.39, 0.29) is 17.6 Å². The highest BCUT2D eigenvalue weighted by Crippen LogP contribution is 2.18. The fourth-order valence-corrected chi connectivity index (χ4v) is 3.71. The minimum absolute atomic E-state index is 0.157. The average Bonchev–Trinajstić information content (AvgIpc) is 2.50. The molecule has 2 unspecified atom stereocenters. The van der Waals surface area contributed by atoms with Crippen LogP contribution in [0.4, 0.5) is 5.69 Å². The lowest BCUT2D eigenvalue weighted by atomic mass is 10.1. The second-order valence-electron chi connectivity index (χ2n) is 7.27. The van der Waals surface area contributed by atoms with E-state index in [1.807, 2.05) is 44.1 Å². The second kappa shape index (κ2) is 6.57. The molecule has 0 radical (unpaired) electrons. The molecular formula is C19H28N3O2+. The van der Waals surface area contributed by atoms with Gasteiger partial charge in [0, 0.05) is 36.4 Å².